The minimum atomic E-state index is -0.568. The number of rotatable bonds is 4. The molecule has 1 N–H and O–H groups in total. The van der Waals surface area contributed by atoms with Gasteiger partial charge in [0, 0.05) is 15.1 Å². The van der Waals surface area contributed by atoms with Gasteiger partial charge in [0.25, 0.3) is 0 Å². The number of imide groups is 1. The standard InChI is InChI=1S/C18H14BrClN2O3/c19-13-5-1-12(2-6-13)16(23)10-22-17(24)9-15(21-18(22)25)11-3-7-14(20)8-4-11/h1-8,15H,9-10H2,(H,21,25). The first-order valence-corrected chi connectivity index (χ1v) is 8.76. The molecule has 0 spiro atoms. The molecule has 0 radical (unpaired) electrons. The van der Waals surface area contributed by atoms with Crippen molar-refractivity contribution in [1.29, 1.82) is 0 Å². The Bertz CT molecular complexity index is 803. The molecule has 7 heteroatoms. The minimum absolute atomic E-state index is 0.0982. The van der Waals surface area contributed by atoms with Crippen LogP contribution in [0.2, 0.25) is 5.02 Å². The zero-order valence-corrected chi connectivity index (χ0v) is 15.4. The summed E-state index contributed by atoms with van der Waals surface area (Å²) in [5.41, 5.74) is 1.24. The van der Waals surface area contributed by atoms with Crippen molar-refractivity contribution in [3.8, 4) is 0 Å². The number of hydrogen-bond donors (Lipinski definition) is 1. The highest BCUT2D eigenvalue weighted by Crippen LogP contribution is 2.24. The van der Waals surface area contributed by atoms with E-state index in [1.165, 1.54) is 0 Å². The molecule has 1 heterocycles. The maximum absolute atomic E-state index is 12.4. The van der Waals surface area contributed by atoms with E-state index in [4.69, 9.17) is 11.6 Å². The van der Waals surface area contributed by atoms with E-state index in [0.717, 1.165) is 14.9 Å². The van der Waals surface area contributed by atoms with Crippen molar-refractivity contribution in [2.24, 2.45) is 0 Å². The van der Waals surface area contributed by atoms with Crippen LogP contribution >= 0.6 is 27.5 Å². The molecule has 0 aliphatic carbocycles. The predicted octanol–water partition coefficient (Wildman–Crippen LogP) is 3.97. The molecular formula is C18H14BrClN2O3. The molecular weight excluding hydrogens is 408 g/mol. The number of carbonyl (C=O) groups is 3. The number of ketones is 1. The van der Waals surface area contributed by atoms with Gasteiger partial charge >= 0.3 is 6.03 Å². The van der Waals surface area contributed by atoms with E-state index in [-0.39, 0.29) is 24.7 Å². The van der Waals surface area contributed by atoms with Gasteiger partial charge in [-0.15, -0.1) is 0 Å². The van der Waals surface area contributed by atoms with Crippen molar-refractivity contribution >= 4 is 45.3 Å². The van der Waals surface area contributed by atoms with E-state index in [1.54, 1.807) is 48.5 Å². The lowest BCUT2D eigenvalue weighted by Crippen LogP contribution is -2.52. The number of halogens is 2. The predicted molar refractivity (Wildman–Crippen MR) is 97.5 cm³/mol. The molecule has 2 aromatic carbocycles. The number of nitrogens with zero attached hydrogens (tertiary/aromatic N) is 1. The van der Waals surface area contributed by atoms with Crippen molar-refractivity contribution in [2.75, 3.05) is 6.54 Å². The summed E-state index contributed by atoms with van der Waals surface area (Å²) in [6.07, 6.45) is 0.0982. The summed E-state index contributed by atoms with van der Waals surface area (Å²) >= 11 is 9.15. The molecule has 3 amide bonds. The molecule has 1 unspecified atom stereocenters. The summed E-state index contributed by atoms with van der Waals surface area (Å²) < 4.78 is 0.849. The molecule has 0 bridgehead atoms. The smallest absolute Gasteiger partial charge is 0.325 e. The first-order chi connectivity index (χ1) is 11.9. The Hall–Kier alpha value is -2.18. The van der Waals surface area contributed by atoms with Gasteiger partial charge in [0.15, 0.2) is 5.78 Å². The maximum Gasteiger partial charge on any atom is 0.325 e. The van der Waals surface area contributed by atoms with E-state index in [0.29, 0.717) is 10.6 Å². The van der Waals surface area contributed by atoms with Crippen LogP contribution in [-0.4, -0.2) is 29.2 Å². The summed E-state index contributed by atoms with van der Waals surface area (Å²) in [6, 6.07) is 12.7. The number of hydrogen-bond acceptors (Lipinski definition) is 3. The van der Waals surface area contributed by atoms with Crippen molar-refractivity contribution in [2.45, 2.75) is 12.5 Å². The zero-order valence-electron chi connectivity index (χ0n) is 13.0. The summed E-state index contributed by atoms with van der Waals surface area (Å²) in [4.78, 5) is 37.9. The van der Waals surface area contributed by atoms with Gasteiger partial charge < -0.3 is 5.32 Å². The lowest BCUT2D eigenvalue weighted by Gasteiger charge is -2.31. The number of benzene rings is 2. The normalized spacial score (nSPS) is 17.4. The SMILES string of the molecule is O=C(CN1C(=O)CC(c2ccc(Cl)cc2)NC1=O)c1ccc(Br)cc1. The van der Waals surface area contributed by atoms with Crippen LogP contribution in [0, 0.1) is 0 Å². The van der Waals surface area contributed by atoms with Crippen LogP contribution in [0.25, 0.3) is 0 Å². The lowest BCUT2D eigenvalue weighted by atomic mass is 10.0. The largest absolute Gasteiger partial charge is 0.330 e. The minimum Gasteiger partial charge on any atom is -0.330 e. The van der Waals surface area contributed by atoms with E-state index in [9.17, 15) is 14.4 Å². The zero-order chi connectivity index (χ0) is 18.0. The second-order valence-electron chi connectivity index (χ2n) is 5.67. The van der Waals surface area contributed by atoms with Crippen molar-refractivity contribution in [3.05, 3.63) is 69.2 Å². The Morgan fingerprint density at radius 3 is 2.36 bits per heavy atom. The van der Waals surface area contributed by atoms with Gasteiger partial charge in [-0.25, -0.2) is 4.79 Å². The van der Waals surface area contributed by atoms with Gasteiger partial charge in [-0.05, 0) is 29.8 Å². The fraction of sp³-hybridized carbons (Fsp3) is 0.167. The van der Waals surface area contributed by atoms with E-state index in [1.807, 2.05) is 0 Å². The van der Waals surface area contributed by atoms with Crippen LogP contribution in [0.15, 0.2) is 53.0 Å². The first-order valence-electron chi connectivity index (χ1n) is 7.59. The molecule has 1 aliphatic heterocycles. The highest BCUT2D eigenvalue weighted by atomic mass is 79.9. The third-order valence-corrected chi connectivity index (χ3v) is 4.74. The Morgan fingerprint density at radius 1 is 1.12 bits per heavy atom. The fourth-order valence-corrected chi connectivity index (χ4v) is 2.99. The highest BCUT2D eigenvalue weighted by Gasteiger charge is 2.33. The number of nitrogens with one attached hydrogen (secondary N) is 1. The van der Waals surface area contributed by atoms with Crippen molar-refractivity contribution < 1.29 is 14.4 Å². The molecule has 5 nitrogen and oxygen atoms in total. The second kappa shape index (κ2) is 7.37. The van der Waals surface area contributed by atoms with Gasteiger partial charge in [0.2, 0.25) is 5.91 Å². The number of carbonyl (C=O) groups excluding carboxylic acids is 3. The van der Waals surface area contributed by atoms with Crippen LogP contribution < -0.4 is 5.32 Å². The monoisotopic (exact) mass is 420 g/mol. The molecule has 0 saturated carbocycles. The van der Waals surface area contributed by atoms with E-state index >= 15 is 0 Å². The van der Waals surface area contributed by atoms with Crippen LogP contribution in [0.5, 0.6) is 0 Å². The molecule has 128 valence electrons. The quantitative estimate of drug-likeness (QED) is 0.760. The fourth-order valence-electron chi connectivity index (χ4n) is 2.60. The summed E-state index contributed by atoms with van der Waals surface area (Å²) in [7, 11) is 0. The molecule has 1 aliphatic rings. The van der Waals surface area contributed by atoms with Crippen LogP contribution in [0.1, 0.15) is 28.4 Å². The number of amides is 3. The molecule has 0 aromatic heterocycles. The lowest BCUT2D eigenvalue weighted by molar-refractivity contribution is -0.129. The second-order valence-corrected chi connectivity index (χ2v) is 7.02. The van der Waals surface area contributed by atoms with Crippen LogP contribution in [0.4, 0.5) is 4.79 Å². The molecule has 1 fully saturated rings. The Balaban J connectivity index is 1.69. The van der Waals surface area contributed by atoms with Crippen LogP contribution in [-0.2, 0) is 4.79 Å². The molecule has 3 rings (SSSR count). The topological polar surface area (TPSA) is 66.5 Å². The summed E-state index contributed by atoms with van der Waals surface area (Å²) in [6.45, 7) is -0.278. The van der Waals surface area contributed by atoms with Gasteiger partial charge in [0.05, 0.1) is 19.0 Å². The van der Waals surface area contributed by atoms with Gasteiger partial charge in [-0.3, -0.25) is 14.5 Å². The average molecular weight is 422 g/mol. The van der Waals surface area contributed by atoms with Crippen molar-refractivity contribution in [1.82, 2.24) is 10.2 Å². The summed E-state index contributed by atoms with van der Waals surface area (Å²) in [5.74, 6) is -0.671. The number of Topliss-reactive ketones (excluding diaryl/α,β-unsaturated/α-hetero) is 1. The number of urea groups is 1. The Morgan fingerprint density at radius 2 is 1.76 bits per heavy atom. The maximum atomic E-state index is 12.4. The highest BCUT2D eigenvalue weighted by molar-refractivity contribution is 9.10. The molecule has 2 aromatic rings. The van der Waals surface area contributed by atoms with Crippen LogP contribution in [0.3, 0.4) is 0 Å². The third kappa shape index (κ3) is 4.08. The van der Waals surface area contributed by atoms with Crippen molar-refractivity contribution in [3.63, 3.8) is 0 Å². The van der Waals surface area contributed by atoms with E-state index < -0.39 is 12.1 Å². The van der Waals surface area contributed by atoms with E-state index in [2.05, 4.69) is 21.2 Å². The first kappa shape index (κ1) is 17.6. The molecule has 25 heavy (non-hydrogen) atoms. The van der Waals surface area contributed by atoms with Gasteiger partial charge in [-0.1, -0.05) is 51.8 Å². The summed E-state index contributed by atoms with van der Waals surface area (Å²) in [5, 5.41) is 3.34. The van der Waals surface area contributed by atoms with Gasteiger partial charge in [-0.2, -0.15) is 0 Å². The van der Waals surface area contributed by atoms with Gasteiger partial charge in [0.1, 0.15) is 0 Å². The Kier molecular flexibility index (Phi) is 5.20. The Labute approximate surface area is 158 Å². The molecule has 1 saturated heterocycles. The third-order valence-electron chi connectivity index (χ3n) is 3.96. The average Bonchev–Trinajstić information content (AvgIpc) is 2.59. The molecule has 1 atom stereocenters.